The third-order valence-electron chi connectivity index (χ3n) is 6.16. The monoisotopic (exact) mass is 524 g/mol. The number of amides is 2. The molecule has 0 atom stereocenters. The van der Waals surface area contributed by atoms with E-state index in [1.54, 1.807) is 18.2 Å². The Morgan fingerprint density at radius 1 is 0.919 bits per heavy atom. The van der Waals surface area contributed by atoms with Crippen LogP contribution in [0.2, 0.25) is 5.02 Å². The molecular formula is C31H25ClN2O2S. The Morgan fingerprint density at radius 3 is 2.38 bits per heavy atom. The van der Waals surface area contributed by atoms with Crippen molar-refractivity contribution in [2.24, 2.45) is 0 Å². The molecule has 1 N–H and O–H groups in total. The number of para-hydroxylation sites is 1. The summed E-state index contributed by atoms with van der Waals surface area (Å²) >= 11 is 7.65. The van der Waals surface area contributed by atoms with Crippen LogP contribution in [0.4, 0.5) is 5.69 Å². The van der Waals surface area contributed by atoms with Gasteiger partial charge in [-0.05, 0) is 60.0 Å². The molecule has 0 saturated carbocycles. The number of carbonyl (C=O) groups is 2. The Balaban J connectivity index is 1.33. The topological polar surface area (TPSA) is 49.4 Å². The second-order valence-corrected chi connectivity index (χ2v) is 10.3. The molecule has 5 rings (SSSR count). The number of nitrogens with one attached hydrogen (secondary N) is 1. The highest BCUT2D eigenvalue weighted by atomic mass is 35.5. The van der Waals surface area contributed by atoms with Gasteiger partial charge in [0.15, 0.2) is 0 Å². The lowest BCUT2D eigenvalue weighted by atomic mass is 10.1. The zero-order valence-electron chi connectivity index (χ0n) is 20.3. The number of hydrogen-bond donors (Lipinski definition) is 1. The molecular weight excluding hydrogens is 500 g/mol. The summed E-state index contributed by atoms with van der Waals surface area (Å²) < 4.78 is 0. The van der Waals surface area contributed by atoms with Crippen LogP contribution in [-0.4, -0.2) is 11.8 Å². The van der Waals surface area contributed by atoms with Crippen molar-refractivity contribution in [1.82, 2.24) is 5.32 Å². The summed E-state index contributed by atoms with van der Waals surface area (Å²) in [4.78, 5) is 29.7. The quantitative estimate of drug-likeness (QED) is 0.270. The van der Waals surface area contributed by atoms with Crippen LogP contribution in [0.25, 0.3) is 6.08 Å². The van der Waals surface area contributed by atoms with Gasteiger partial charge in [0, 0.05) is 22.0 Å². The Kier molecular flexibility index (Phi) is 7.45. The minimum atomic E-state index is -0.180. The average molecular weight is 525 g/mol. The highest BCUT2D eigenvalue weighted by molar-refractivity contribution is 8.04. The smallest absolute Gasteiger partial charge is 0.265 e. The van der Waals surface area contributed by atoms with Crippen molar-refractivity contribution in [3.63, 3.8) is 0 Å². The van der Waals surface area contributed by atoms with Gasteiger partial charge in [-0.3, -0.25) is 9.59 Å². The van der Waals surface area contributed by atoms with E-state index in [0.717, 1.165) is 27.3 Å². The largest absolute Gasteiger partial charge is 0.348 e. The minimum absolute atomic E-state index is 0.0363. The average Bonchev–Trinajstić information content (AvgIpc) is 2.92. The fraction of sp³-hybridized carbons (Fsp3) is 0.0968. The molecule has 0 aromatic heterocycles. The molecule has 1 aliphatic heterocycles. The molecule has 2 amide bonds. The number of benzene rings is 4. The van der Waals surface area contributed by atoms with Gasteiger partial charge < -0.3 is 10.2 Å². The number of aryl methyl sites for hydroxylation is 1. The van der Waals surface area contributed by atoms with Crippen LogP contribution in [0.15, 0.2) is 107 Å². The van der Waals surface area contributed by atoms with Crippen LogP contribution in [0, 0.1) is 6.92 Å². The first kappa shape index (κ1) is 24.9. The second kappa shape index (κ2) is 11.1. The number of rotatable bonds is 6. The normalized spacial score (nSPS) is 13.9. The van der Waals surface area contributed by atoms with Gasteiger partial charge in [-0.2, -0.15) is 0 Å². The number of anilines is 1. The van der Waals surface area contributed by atoms with Crippen LogP contribution in [0.3, 0.4) is 0 Å². The predicted molar refractivity (Wildman–Crippen MR) is 152 cm³/mol. The number of thioether (sulfide) groups is 1. The van der Waals surface area contributed by atoms with Gasteiger partial charge in [-0.15, -0.1) is 0 Å². The molecule has 4 aromatic carbocycles. The molecule has 6 heteroatoms. The van der Waals surface area contributed by atoms with Gasteiger partial charge in [0.05, 0.1) is 17.1 Å². The van der Waals surface area contributed by atoms with E-state index in [0.29, 0.717) is 28.6 Å². The first-order valence-corrected chi connectivity index (χ1v) is 13.1. The lowest BCUT2D eigenvalue weighted by molar-refractivity contribution is -0.114. The van der Waals surface area contributed by atoms with E-state index < -0.39 is 0 Å². The first-order chi connectivity index (χ1) is 18.0. The third kappa shape index (κ3) is 5.79. The predicted octanol–water partition coefficient (Wildman–Crippen LogP) is 7.26. The lowest BCUT2D eigenvalue weighted by Crippen LogP contribution is -2.33. The van der Waals surface area contributed by atoms with Gasteiger partial charge in [0.2, 0.25) is 0 Å². The molecule has 1 heterocycles. The molecule has 0 bridgehead atoms. The maximum absolute atomic E-state index is 13.5. The van der Waals surface area contributed by atoms with Crippen molar-refractivity contribution in [2.45, 2.75) is 24.9 Å². The van der Waals surface area contributed by atoms with Crippen molar-refractivity contribution < 1.29 is 9.59 Å². The molecule has 0 saturated heterocycles. The zero-order valence-corrected chi connectivity index (χ0v) is 21.9. The molecule has 0 fully saturated rings. The standard InChI is InChI=1S/C31H25ClN2O2S/c1-21-10-12-23(13-11-21)20-34-27-8-4-5-9-28(27)37-29(31(34)36)18-22-14-16-24(17-15-22)30(35)33-19-25-6-2-3-7-26(25)32/h2-18H,19-20H2,1H3,(H,33,35). The maximum Gasteiger partial charge on any atom is 0.265 e. The Labute approximate surface area is 226 Å². The maximum atomic E-state index is 13.5. The summed E-state index contributed by atoms with van der Waals surface area (Å²) in [5.41, 5.74) is 5.44. The highest BCUT2D eigenvalue weighted by Gasteiger charge is 2.29. The van der Waals surface area contributed by atoms with Gasteiger partial charge in [0.1, 0.15) is 0 Å². The van der Waals surface area contributed by atoms with Crippen molar-refractivity contribution in [3.05, 3.63) is 135 Å². The molecule has 184 valence electrons. The molecule has 0 unspecified atom stereocenters. The fourth-order valence-corrected chi connectivity index (χ4v) is 5.36. The van der Waals surface area contributed by atoms with E-state index in [1.165, 1.54) is 17.3 Å². The van der Waals surface area contributed by atoms with Gasteiger partial charge in [-0.25, -0.2) is 0 Å². The van der Waals surface area contributed by atoms with Gasteiger partial charge in [-0.1, -0.05) is 95.7 Å². The summed E-state index contributed by atoms with van der Waals surface area (Å²) in [6, 6.07) is 30.9. The molecule has 4 nitrogen and oxygen atoms in total. The first-order valence-electron chi connectivity index (χ1n) is 12.0. The Morgan fingerprint density at radius 2 is 1.62 bits per heavy atom. The fourth-order valence-electron chi connectivity index (χ4n) is 4.10. The van der Waals surface area contributed by atoms with Crippen LogP contribution >= 0.6 is 23.4 Å². The van der Waals surface area contributed by atoms with Crippen molar-refractivity contribution in [2.75, 3.05) is 4.90 Å². The Hall–Kier alpha value is -3.80. The number of hydrogen-bond acceptors (Lipinski definition) is 3. The SMILES string of the molecule is Cc1ccc(CN2C(=O)C(=Cc3ccc(C(=O)NCc4ccccc4Cl)cc3)Sc3ccccc32)cc1. The van der Waals surface area contributed by atoms with Crippen molar-refractivity contribution in [1.29, 1.82) is 0 Å². The van der Waals surface area contributed by atoms with E-state index in [9.17, 15) is 9.59 Å². The van der Waals surface area contributed by atoms with E-state index in [2.05, 4.69) is 36.5 Å². The van der Waals surface area contributed by atoms with Crippen LogP contribution in [-0.2, 0) is 17.9 Å². The summed E-state index contributed by atoms with van der Waals surface area (Å²) in [7, 11) is 0. The van der Waals surface area contributed by atoms with Crippen LogP contribution in [0.5, 0.6) is 0 Å². The van der Waals surface area contributed by atoms with Gasteiger partial charge >= 0.3 is 0 Å². The lowest BCUT2D eigenvalue weighted by Gasteiger charge is -2.30. The van der Waals surface area contributed by atoms with E-state index in [1.807, 2.05) is 65.6 Å². The van der Waals surface area contributed by atoms with E-state index in [-0.39, 0.29) is 11.8 Å². The summed E-state index contributed by atoms with van der Waals surface area (Å²) in [6.45, 7) is 2.90. The second-order valence-electron chi connectivity index (χ2n) is 8.85. The van der Waals surface area contributed by atoms with E-state index in [4.69, 9.17) is 11.6 Å². The molecule has 1 aliphatic rings. The van der Waals surface area contributed by atoms with Crippen molar-refractivity contribution >= 4 is 46.9 Å². The summed E-state index contributed by atoms with van der Waals surface area (Å²) in [5.74, 6) is -0.216. The van der Waals surface area contributed by atoms with Crippen LogP contribution < -0.4 is 10.2 Å². The molecule has 37 heavy (non-hydrogen) atoms. The van der Waals surface area contributed by atoms with Crippen molar-refractivity contribution in [3.8, 4) is 0 Å². The van der Waals surface area contributed by atoms with E-state index >= 15 is 0 Å². The minimum Gasteiger partial charge on any atom is -0.348 e. The number of fused-ring (bicyclic) bond motifs is 1. The summed E-state index contributed by atoms with van der Waals surface area (Å²) in [5, 5.41) is 3.53. The molecule has 4 aromatic rings. The molecule has 0 spiro atoms. The number of nitrogens with zero attached hydrogens (tertiary/aromatic N) is 1. The molecule has 0 radical (unpaired) electrons. The third-order valence-corrected chi connectivity index (χ3v) is 7.61. The molecule has 0 aliphatic carbocycles. The Bertz CT molecular complexity index is 1480. The zero-order chi connectivity index (χ0) is 25.8. The number of halogens is 1. The van der Waals surface area contributed by atoms with Gasteiger partial charge in [0.25, 0.3) is 11.8 Å². The number of carbonyl (C=O) groups excluding carboxylic acids is 2. The highest BCUT2D eigenvalue weighted by Crippen LogP contribution is 2.42. The summed E-state index contributed by atoms with van der Waals surface area (Å²) in [6.07, 6.45) is 1.89. The van der Waals surface area contributed by atoms with Crippen LogP contribution in [0.1, 0.15) is 32.6 Å².